The van der Waals surface area contributed by atoms with Crippen LogP contribution in [0.5, 0.6) is 5.75 Å². The average molecular weight is 601 g/mol. The summed E-state index contributed by atoms with van der Waals surface area (Å²) in [6.07, 6.45) is -1.53. The third-order valence-electron chi connectivity index (χ3n) is 6.24. The lowest BCUT2D eigenvalue weighted by Crippen LogP contribution is -2.17. The lowest BCUT2D eigenvalue weighted by Gasteiger charge is -2.09. The molecule has 4 aromatic carbocycles. The second-order valence-corrected chi connectivity index (χ2v) is 10.4. The number of halogens is 3. The van der Waals surface area contributed by atoms with Gasteiger partial charge in [-0.15, -0.1) is 18.3 Å². The summed E-state index contributed by atoms with van der Waals surface area (Å²) in [7, 11) is 0. The summed E-state index contributed by atoms with van der Waals surface area (Å²) in [5, 5.41) is 9.57. The minimum Gasteiger partial charge on any atom is -0.406 e. The van der Waals surface area contributed by atoms with Crippen molar-refractivity contribution >= 4 is 28.8 Å². The van der Waals surface area contributed by atoms with Gasteiger partial charge in [-0.2, -0.15) is 5.10 Å². The molecule has 0 bridgehead atoms. The molecule has 0 radical (unpaired) electrons. The van der Waals surface area contributed by atoms with Gasteiger partial charge in [0.15, 0.2) is 11.0 Å². The van der Waals surface area contributed by atoms with Crippen LogP contribution < -0.4 is 10.2 Å². The summed E-state index contributed by atoms with van der Waals surface area (Å²) in [5.41, 5.74) is 9.57. The molecule has 0 spiro atoms. The molecule has 1 heterocycles. The van der Waals surface area contributed by atoms with Crippen molar-refractivity contribution in [1.29, 1.82) is 0 Å². The highest BCUT2D eigenvalue weighted by atomic mass is 32.2. The van der Waals surface area contributed by atoms with Crippen LogP contribution in [-0.2, 0) is 5.75 Å². The fraction of sp³-hybridized carbons (Fsp3) is 0.125. The van der Waals surface area contributed by atoms with E-state index in [0.29, 0.717) is 16.7 Å². The molecule has 0 atom stereocenters. The molecule has 0 aliphatic rings. The van der Waals surface area contributed by atoms with Crippen LogP contribution in [0.3, 0.4) is 0 Å². The Morgan fingerprint density at radius 3 is 2.28 bits per heavy atom. The van der Waals surface area contributed by atoms with Crippen molar-refractivity contribution in [1.82, 2.24) is 20.2 Å². The number of alkyl halides is 3. The van der Waals surface area contributed by atoms with Crippen LogP contribution in [0.25, 0.3) is 17.1 Å². The second kappa shape index (κ2) is 13.4. The van der Waals surface area contributed by atoms with E-state index in [1.54, 1.807) is 18.0 Å². The molecule has 1 N–H and O–H groups in total. The molecular formula is C32H27F3N6OS. The van der Waals surface area contributed by atoms with E-state index in [0.717, 1.165) is 33.7 Å². The lowest BCUT2D eigenvalue weighted by molar-refractivity contribution is -0.274. The van der Waals surface area contributed by atoms with E-state index in [-0.39, 0.29) is 5.75 Å². The molecule has 0 amide bonds. The SMILES string of the molecule is Cc1cccc(C)c1N=C(N/N=C\c1ccc(-c2ncn(-c3ccc(OC(F)(F)F)cc3)n2)cc1)SCc1ccccc1. The van der Waals surface area contributed by atoms with E-state index in [1.165, 1.54) is 40.8 Å². The highest BCUT2D eigenvalue weighted by molar-refractivity contribution is 8.13. The van der Waals surface area contributed by atoms with Gasteiger partial charge in [0.1, 0.15) is 12.1 Å². The number of rotatable bonds is 8. The van der Waals surface area contributed by atoms with E-state index in [2.05, 4.69) is 37.5 Å². The minimum atomic E-state index is -4.74. The van der Waals surface area contributed by atoms with E-state index in [4.69, 9.17) is 4.99 Å². The first kappa shape index (κ1) is 29.6. The lowest BCUT2D eigenvalue weighted by atomic mass is 10.1. The van der Waals surface area contributed by atoms with Crippen LogP contribution in [0.1, 0.15) is 22.3 Å². The Hall–Kier alpha value is -4.90. The second-order valence-electron chi connectivity index (χ2n) is 9.48. The van der Waals surface area contributed by atoms with Crippen molar-refractivity contribution in [3.63, 3.8) is 0 Å². The third-order valence-corrected chi connectivity index (χ3v) is 7.17. The van der Waals surface area contributed by atoms with Crippen molar-refractivity contribution in [2.24, 2.45) is 10.1 Å². The molecule has 43 heavy (non-hydrogen) atoms. The van der Waals surface area contributed by atoms with Gasteiger partial charge in [-0.25, -0.2) is 14.7 Å². The van der Waals surface area contributed by atoms with Crippen LogP contribution in [-0.4, -0.2) is 32.5 Å². The van der Waals surface area contributed by atoms with Gasteiger partial charge < -0.3 is 4.74 Å². The van der Waals surface area contributed by atoms with Gasteiger partial charge in [-0.05, 0) is 60.4 Å². The van der Waals surface area contributed by atoms with Gasteiger partial charge >= 0.3 is 6.36 Å². The van der Waals surface area contributed by atoms with Crippen molar-refractivity contribution < 1.29 is 17.9 Å². The molecule has 218 valence electrons. The Bertz CT molecular complexity index is 1700. The molecule has 0 fully saturated rings. The summed E-state index contributed by atoms with van der Waals surface area (Å²) < 4.78 is 42.7. The first-order valence-electron chi connectivity index (χ1n) is 13.2. The van der Waals surface area contributed by atoms with E-state index >= 15 is 0 Å². The number of para-hydroxylation sites is 1. The first-order chi connectivity index (χ1) is 20.7. The molecule has 0 aliphatic carbocycles. The zero-order valence-electron chi connectivity index (χ0n) is 23.3. The Morgan fingerprint density at radius 1 is 0.907 bits per heavy atom. The molecule has 0 aliphatic heterocycles. The molecule has 0 saturated heterocycles. The van der Waals surface area contributed by atoms with Crippen molar-refractivity contribution in [2.45, 2.75) is 26.0 Å². The molecule has 1 aromatic heterocycles. The summed E-state index contributed by atoms with van der Waals surface area (Å²) >= 11 is 1.57. The minimum absolute atomic E-state index is 0.304. The Morgan fingerprint density at radius 2 is 1.60 bits per heavy atom. The van der Waals surface area contributed by atoms with Gasteiger partial charge in [0.25, 0.3) is 0 Å². The van der Waals surface area contributed by atoms with Gasteiger partial charge in [0.05, 0.1) is 17.6 Å². The predicted octanol–water partition coefficient (Wildman–Crippen LogP) is 7.99. The maximum atomic E-state index is 12.4. The molecular weight excluding hydrogens is 573 g/mol. The molecule has 7 nitrogen and oxygen atoms in total. The summed E-state index contributed by atoms with van der Waals surface area (Å²) in [6.45, 7) is 4.08. The Kier molecular flexibility index (Phi) is 9.21. The Balaban J connectivity index is 1.26. The standard InChI is InChI=1S/C32H27F3N6OS/c1-22-7-6-8-23(2)29(22)38-31(43-20-25-9-4-3-5-10-25)39-37-19-24-11-13-26(14-12-24)30-36-21-41(40-30)27-15-17-28(18-16-27)42-32(33,34)35/h3-19,21H,20H2,1-2H3,(H,38,39)/b37-19-. The monoisotopic (exact) mass is 600 g/mol. The number of thioether (sulfide) groups is 1. The zero-order chi connectivity index (χ0) is 30.2. The quantitative estimate of drug-likeness (QED) is 0.111. The number of hydrogen-bond acceptors (Lipinski definition) is 6. The first-order valence-corrected chi connectivity index (χ1v) is 14.2. The highest BCUT2D eigenvalue weighted by Crippen LogP contribution is 2.26. The number of aromatic nitrogens is 3. The maximum Gasteiger partial charge on any atom is 0.573 e. The van der Waals surface area contributed by atoms with Crippen LogP contribution in [0.15, 0.2) is 113 Å². The van der Waals surface area contributed by atoms with E-state index in [1.807, 2.05) is 74.5 Å². The highest BCUT2D eigenvalue weighted by Gasteiger charge is 2.31. The molecule has 5 aromatic rings. The van der Waals surface area contributed by atoms with Crippen molar-refractivity contribution in [3.05, 3.63) is 126 Å². The van der Waals surface area contributed by atoms with Crippen molar-refractivity contribution in [3.8, 4) is 22.8 Å². The molecule has 0 unspecified atom stereocenters. The smallest absolute Gasteiger partial charge is 0.406 e. The van der Waals surface area contributed by atoms with E-state index in [9.17, 15) is 13.2 Å². The number of hydrogen-bond donors (Lipinski definition) is 1. The largest absolute Gasteiger partial charge is 0.573 e. The number of benzene rings is 4. The number of nitrogens with one attached hydrogen (secondary N) is 1. The summed E-state index contributed by atoms with van der Waals surface area (Å²) in [4.78, 5) is 9.22. The fourth-order valence-electron chi connectivity index (χ4n) is 4.10. The normalized spacial score (nSPS) is 12.1. The average Bonchev–Trinajstić information content (AvgIpc) is 3.48. The fourth-order valence-corrected chi connectivity index (χ4v) is 4.87. The number of aliphatic imine (C=N–C) groups is 1. The molecule has 11 heteroatoms. The predicted molar refractivity (Wildman–Crippen MR) is 165 cm³/mol. The molecule has 5 rings (SSSR count). The topological polar surface area (TPSA) is 76.7 Å². The summed E-state index contributed by atoms with van der Waals surface area (Å²) in [6, 6.07) is 29.2. The van der Waals surface area contributed by atoms with Gasteiger partial charge in [0, 0.05) is 11.3 Å². The third kappa shape index (κ3) is 8.32. The van der Waals surface area contributed by atoms with Gasteiger partial charge in [-0.3, -0.25) is 5.43 Å². The van der Waals surface area contributed by atoms with Crippen LogP contribution in [0.4, 0.5) is 18.9 Å². The number of aryl methyl sites for hydroxylation is 2. The van der Waals surface area contributed by atoms with Gasteiger partial charge in [0.2, 0.25) is 0 Å². The van der Waals surface area contributed by atoms with Crippen LogP contribution >= 0.6 is 11.8 Å². The van der Waals surface area contributed by atoms with Gasteiger partial charge in [-0.1, -0.05) is 84.6 Å². The Labute approximate surface area is 251 Å². The number of nitrogens with zero attached hydrogens (tertiary/aromatic N) is 5. The molecule has 0 saturated carbocycles. The van der Waals surface area contributed by atoms with E-state index < -0.39 is 6.36 Å². The number of amidine groups is 1. The van der Waals surface area contributed by atoms with Crippen LogP contribution in [0, 0.1) is 13.8 Å². The van der Waals surface area contributed by atoms with Crippen LogP contribution in [0.2, 0.25) is 0 Å². The summed E-state index contributed by atoms with van der Waals surface area (Å²) in [5.74, 6) is 0.909. The maximum absolute atomic E-state index is 12.4. The number of hydrazone groups is 1. The zero-order valence-corrected chi connectivity index (χ0v) is 24.1. The van der Waals surface area contributed by atoms with Crippen molar-refractivity contribution in [2.75, 3.05) is 0 Å². The number of ether oxygens (including phenoxy) is 1.